The van der Waals surface area contributed by atoms with E-state index >= 15 is 0 Å². The van der Waals surface area contributed by atoms with Gasteiger partial charge in [-0.3, -0.25) is 18.7 Å². The highest BCUT2D eigenvalue weighted by atomic mass is 32.2. The number of carbonyl (C=O) groups excluding carboxylic acids is 1. The topological polar surface area (TPSA) is 78.9 Å². The first kappa shape index (κ1) is 21.6. The molecule has 0 fully saturated rings. The second-order valence-electron chi connectivity index (χ2n) is 7.27. The highest BCUT2D eigenvalue weighted by Crippen LogP contribution is 2.23. The molecule has 0 aliphatic heterocycles. The first-order valence-corrected chi connectivity index (χ1v) is 11.0. The predicted octanol–water partition coefficient (Wildman–Crippen LogP) is 3.12. The zero-order valence-electron chi connectivity index (χ0n) is 17.8. The molecule has 0 amide bonds. The summed E-state index contributed by atoms with van der Waals surface area (Å²) in [6, 6.07) is 18.9. The van der Waals surface area contributed by atoms with E-state index in [1.54, 1.807) is 23.7 Å². The molecule has 0 bridgehead atoms. The van der Waals surface area contributed by atoms with Crippen LogP contribution in [0.5, 0.6) is 0 Å². The highest BCUT2D eigenvalue weighted by molar-refractivity contribution is 7.99. The SMILES string of the molecule is Cn1c(=O)c2c(nc(SCC(=O)c3ccccc3)n2CC=Cc2ccccc2)n(C)c1=O. The molecule has 0 aliphatic rings. The van der Waals surface area contributed by atoms with Gasteiger partial charge in [0.1, 0.15) is 0 Å². The van der Waals surface area contributed by atoms with E-state index in [-0.39, 0.29) is 11.5 Å². The number of allylic oxidation sites excluding steroid dienone is 1. The Morgan fingerprint density at radius 3 is 2.31 bits per heavy atom. The number of aromatic nitrogens is 4. The monoisotopic (exact) mass is 446 g/mol. The number of imidazole rings is 1. The van der Waals surface area contributed by atoms with Crippen molar-refractivity contribution in [3.63, 3.8) is 0 Å². The summed E-state index contributed by atoms with van der Waals surface area (Å²) in [5.41, 5.74) is 1.44. The molecule has 4 aromatic rings. The van der Waals surface area contributed by atoms with E-state index in [0.717, 1.165) is 10.1 Å². The van der Waals surface area contributed by atoms with Gasteiger partial charge in [0.25, 0.3) is 5.56 Å². The van der Waals surface area contributed by atoms with Crippen molar-refractivity contribution in [3.05, 3.63) is 98.7 Å². The molecule has 0 aliphatic carbocycles. The molecule has 0 N–H and O–H groups in total. The Balaban J connectivity index is 1.72. The normalized spacial score (nSPS) is 11.4. The van der Waals surface area contributed by atoms with Crippen molar-refractivity contribution in [1.29, 1.82) is 0 Å². The third kappa shape index (κ3) is 4.22. The summed E-state index contributed by atoms with van der Waals surface area (Å²) in [7, 11) is 3.04. The zero-order chi connectivity index (χ0) is 22.7. The lowest BCUT2D eigenvalue weighted by atomic mass is 10.2. The molecule has 32 heavy (non-hydrogen) atoms. The smallest absolute Gasteiger partial charge is 0.309 e. The number of Topliss-reactive ketones (excluding diaryl/α,β-unsaturated/α-hetero) is 1. The maximum atomic E-state index is 12.9. The Hall–Kier alpha value is -3.65. The van der Waals surface area contributed by atoms with Gasteiger partial charge in [-0.05, 0) is 5.56 Å². The number of carbonyl (C=O) groups is 1. The third-order valence-electron chi connectivity index (χ3n) is 5.14. The van der Waals surface area contributed by atoms with E-state index in [1.807, 2.05) is 60.7 Å². The summed E-state index contributed by atoms with van der Waals surface area (Å²) >= 11 is 1.26. The van der Waals surface area contributed by atoms with E-state index in [1.165, 1.54) is 23.4 Å². The second kappa shape index (κ2) is 9.23. The molecule has 0 atom stereocenters. The van der Waals surface area contributed by atoms with Crippen LogP contribution in [-0.4, -0.2) is 30.2 Å². The predicted molar refractivity (Wildman–Crippen MR) is 127 cm³/mol. The molecule has 0 saturated heterocycles. The van der Waals surface area contributed by atoms with E-state index < -0.39 is 11.2 Å². The molecule has 0 radical (unpaired) electrons. The number of fused-ring (bicyclic) bond motifs is 1. The van der Waals surface area contributed by atoms with Gasteiger partial charge in [0.15, 0.2) is 22.1 Å². The Morgan fingerprint density at radius 2 is 1.62 bits per heavy atom. The second-order valence-corrected chi connectivity index (χ2v) is 8.22. The zero-order valence-corrected chi connectivity index (χ0v) is 18.6. The van der Waals surface area contributed by atoms with Crippen molar-refractivity contribution in [2.24, 2.45) is 14.1 Å². The fraction of sp³-hybridized carbons (Fsp3) is 0.167. The Bertz CT molecular complexity index is 1420. The number of thioether (sulfide) groups is 1. The lowest BCUT2D eigenvalue weighted by molar-refractivity contribution is 0.102. The van der Waals surface area contributed by atoms with Crippen molar-refractivity contribution >= 4 is 34.8 Å². The van der Waals surface area contributed by atoms with Crippen LogP contribution in [0.2, 0.25) is 0 Å². The van der Waals surface area contributed by atoms with Crippen LogP contribution in [-0.2, 0) is 20.6 Å². The minimum atomic E-state index is -0.441. The summed E-state index contributed by atoms with van der Waals surface area (Å²) in [4.78, 5) is 42.4. The van der Waals surface area contributed by atoms with Gasteiger partial charge < -0.3 is 4.57 Å². The molecular formula is C24H22N4O3S. The lowest BCUT2D eigenvalue weighted by Crippen LogP contribution is -2.37. The van der Waals surface area contributed by atoms with Gasteiger partial charge in [0, 0.05) is 26.2 Å². The fourth-order valence-electron chi connectivity index (χ4n) is 3.40. The summed E-state index contributed by atoms with van der Waals surface area (Å²) in [6.45, 7) is 0.376. The van der Waals surface area contributed by atoms with Crippen LogP contribution in [0.25, 0.3) is 17.2 Å². The quantitative estimate of drug-likeness (QED) is 0.322. The molecule has 2 aromatic heterocycles. The molecule has 4 rings (SSSR count). The van der Waals surface area contributed by atoms with Gasteiger partial charge in [-0.25, -0.2) is 9.78 Å². The maximum Gasteiger partial charge on any atom is 0.332 e. The summed E-state index contributed by atoms with van der Waals surface area (Å²) < 4.78 is 4.20. The molecule has 0 saturated carbocycles. The van der Waals surface area contributed by atoms with Gasteiger partial charge in [0.05, 0.1) is 5.75 Å². The Labute approximate surface area is 188 Å². The van der Waals surface area contributed by atoms with Crippen molar-refractivity contribution in [3.8, 4) is 0 Å². The van der Waals surface area contributed by atoms with Crippen molar-refractivity contribution < 1.29 is 4.79 Å². The highest BCUT2D eigenvalue weighted by Gasteiger charge is 2.19. The molecule has 8 heteroatoms. The summed E-state index contributed by atoms with van der Waals surface area (Å²) in [5.74, 6) is 0.139. The van der Waals surface area contributed by atoms with E-state index in [9.17, 15) is 14.4 Å². The van der Waals surface area contributed by atoms with Gasteiger partial charge >= 0.3 is 5.69 Å². The molecule has 162 valence electrons. The van der Waals surface area contributed by atoms with Crippen LogP contribution in [0.15, 0.2) is 81.5 Å². The minimum Gasteiger partial charge on any atom is -0.309 e. The van der Waals surface area contributed by atoms with Crippen LogP contribution >= 0.6 is 11.8 Å². The van der Waals surface area contributed by atoms with Gasteiger partial charge in [-0.2, -0.15) is 0 Å². The standard InChI is InChI=1S/C24H22N4O3S/c1-26-21-20(22(30)27(2)24(26)31)28(15-9-12-17-10-5-3-6-11-17)23(25-21)32-16-19(29)18-13-7-4-8-14-18/h3-14H,15-16H2,1-2H3. The number of aryl methyl sites for hydroxylation is 1. The van der Waals surface area contributed by atoms with Crippen molar-refractivity contribution in [1.82, 2.24) is 18.7 Å². The minimum absolute atomic E-state index is 0.0316. The Kier molecular flexibility index (Phi) is 6.23. The molecular weight excluding hydrogens is 424 g/mol. The lowest BCUT2D eigenvalue weighted by Gasteiger charge is -2.07. The fourth-order valence-corrected chi connectivity index (χ4v) is 4.30. The van der Waals surface area contributed by atoms with Crippen LogP contribution in [0, 0.1) is 0 Å². The summed E-state index contributed by atoms with van der Waals surface area (Å²) in [5, 5.41) is 0.514. The van der Waals surface area contributed by atoms with Crippen LogP contribution < -0.4 is 11.2 Å². The van der Waals surface area contributed by atoms with Gasteiger partial charge in [-0.1, -0.05) is 84.6 Å². The van der Waals surface area contributed by atoms with E-state index in [2.05, 4.69) is 4.98 Å². The van der Waals surface area contributed by atoms with Gasteiger partial charge in [-0.15, -0.1) is 0 Å². The number of benzene rings is 2. The average Bonchev–Trinajstić information content (AvgIpc) is 3.19. The van der Waals surface area contributed by atoms with Gasteiger partial charge in [0.2, 0.25) is 0 Å². The van der Waals surface area contributed by atoms with Crippen LogP contribution in [0.1, 0.15) is 15.9 Å². The van der Waals surface area contributed by atoms with Crippen LogP contribution in [0.3, 0.4) is 0 Å². The van der Waals surface area contributed by atoms with E-state index in [0.29, 0.717) is 28.4 Å². The maximum absolute atomic E-state index is 12.9. The molecule has 0 unspecified atom stereocenters. The number of ketones is 1. The molecule has 0 spiro atoms. The first-order valence-electron chi connectivity index (χ1n) is 10.1. The Morgan fingerprint density at radius 1 is 0.969 bits per heavy atom. The third-order valence-corrected chi connectivity index (χ3v) is 6.12. The number of nitrogens with zero attached hydrogens (tertiary/aromatic N) is 4. The summed E-state index contributed by atoms with van der Waals surface area (Å²) in [6.07, 6.45) is 3.89. The molecule has 2 aromatic carbocycles. The first-order chi connectivity index (χ1) is 15.5. The van der Waals surface area contributed by atoms with E-state index in [4.69, 9.17) is 0 Å². The molecule has 7 nitrogen and oxygen atoms in total. The largest absolute Gasteiger partial charge is 0.332 e. The van der Waals surface area contributed by atoms with Crippen LogP contribution in [0.4, 0.5) is 0 Å². The van der Waals surface area contributed by atoms with Crippen molar-refractivity contribution in [2.75, 3.05) is 5.75 Å². The number of rotatable bonds is 7. The number of hydrogen-bond donors (Lipinski definition) is 0. The molecule has 2 heterocycles. The van der Waals surface area contributed by atoms with Crippen molar-refractivity contribution in [2.45, 2.75) is 11.7 Å². The average molecular weight is 447 g/mol. The number of hydrogen-bond acceptors (Lipinski definition) is 5.